The molecule has 0 spiro atoms. The van der Waals surface area contributed by atoms with Gasteiger partial charge in [-0.25, -0.2) is 21.6 Å². The molecular weight excluding hydrogens is 535 g/mol. The summed E-state index contributed by atoms with van der Waals surface area (Å²) in [4.78, 5) is 12.4. The number of rotatable bonds is 6. The summed E-state index contributed by atoms with van der Waals surface area (Å²) in [5.41, 5.74) is -1.62. The first kappa shape index (κ1) is 25.6. The summed E-state index contributed by atoms with van der Waals surface area (Å²) in [6, 6.07) is 4.83. The van der Waals surface area contributed by atoms with Crippen molar-refractivity contribution in [1.82, 2.24) is 20.6 Å². The molecule has 2 aliphatic carbocycles. The van der Waals surface area contributed by atoms with E-state index < -0.39 is 44.0 Å². The molecule has 2 aliphatic rings. The van der Waals surface area contributed by atoms with E-state index in [0.717, 1.165) is 6.07 Å². The molecule has 4 atom stereocenters. The number of halogens is 4. The number of carbonyl (C=O) groups is 1. The van der Waals surface area contributed by atoms with Gasteiger partial charge >= 0.3 is 0 Å². The van der Waals surface area contributed by atoms with Gasteiger partial charge in [-0.1, -0.05) is 16.8 Å². The van der Waals surface area contributed by atoms with Gasteiger partial charge in [0.05, 0.1) is 20.8 Å². The van der Waals surface area contributed by atoms with Crippen LogP contribution in [0.15, 0.2) is 35.2 Å². The first-order chi connectivity index (χ1) is 17.5. The third kappa shape index (κ3) is 4.59. The van der Waals surface area contributed by atoms with E-state index >= 15 is 0 Å². The van der Waals surface area contributed by atoms with Crippen LogP contribution in [-0.2, 0) is 16.3 Å². The number of hydrogen-bond acceptors (Lipinski definition) is 7. The van der Waals surface area contributed by atoms with Crippen molar-refractivity contribution >= 4 is 33.0 Å². The Bertz CT molecular complexity index is 1430. The van der Waals surface area contributed by atoms with Crippen molar-refractivity contribution in [2.24, 2.45) is 11.8 Å². The lowest BCUT2D eigenvalue weighted by Gasteiger charge is -2.42. The monoisotopic (exact) mass is 555 g/mol. The van der Waals surface area contributed by atoms with Crippen molar-refractivity contribution in [2.45, 2.75) is 47.9 Å². The highest BCUT2D eigenvalue weighted by Gasteiger charge is 2.56. The normalized spacial score (nSPS) is 25.3. The molecule has 9 nitrogen and oxygen atoms in total. The topological polar surface area (TPSA) is 138 Å². The molecule has 0 radical (unpaired) electrons. The first-order valence-corrected chi connectivity index (χ1v) is 13.4. The van der Waals surface area contributed by atoms with E-state index in [9.17, 15) is 31.5 Å². The Morgan fingerprint density at radius 2 is 1.78 bits per heavy atom. The minimum absolute atomic E-state index is 0.0876. The Balaban J connectivity index is 1.38. The number of fused-ring (bicyclic) bond motifs is 2. The number of aromatic nitrogens is 4. The molecule has 0 aliphatic heterocycles. The summed E-state index contributed by atoms with van der Waals surface area (Å²) >= 11 is 6.24. The van der Waals surface area contributed by atoms with Crippen LogP contribution < -0.4 is 5.32 Å². The van der Waals surface area contributed by atoms with E-state index in [1.165, 1.54) is 12.1 Å². The molecule has 37 heavy (non-hydrogen) atoms. The Labute approximate surface area is 214 Å². The lowest BCUT2D eigenvalue weighted by Crippen LogP contribution is -2.49. The summed E-state index contributed by atoms with van der Waals surface area (Å²) in [6.45, 7) is 0. The highest BCUT2D eigenvalue weighted by molar-refractivity contribution is 7.92. The number of aromatic amines is 1. The van der Waals surface area contributed by atoms with Gasteiger partial charge in [0.25, 0.3) is 5.91 Å². The van der Waals surface area contributed by atoms with Crippen molar-refractivity contribution in [1.29, 1.82) is 0 Å². The zero-order valence-corrected chi connectivity index (χ0v) is 20.7. The molecule has 1 amide bonds. The van der Waals surface area contributed by atoms with Crippen LogP contribution in [-0.4, -0.2) is 50.9 Å². The molecule has 14 heteroatoms. The molecule has 196 valence electrons. The Kier molecular flexibility index (Phi) is 6.49. The molecule has 2 bridgehead atoms. The van der Waals surface area contributed by atoms with Crippen LogP contribution in [0.4, 0.5) is 18.9 Å². The molecule has 2 aromatic carbocycles. The fraction of sp³-hybridized carbons (Fsp3) is 0.391. The number of benzene rings is 2. The van der Waals surface area contributed by atoms with Gasteiger partial charge in [0.15, 0.2) is 33.1 Å². The number of carbonyl (C=O) groups excluding carboxylic acids is 1. The van der Waals surface area contributed by atoms with Gasteiger partial charge in [0.2, 0.25) is 0 Å². The Morgan fingerprint density at radius 1 is 1.14 bits per heavy atom. The number of hydrogen-bond donors (Lipinski definition) is 3. The van der Waals surface area contributed by atoms with Gasteiger partial charge in [-0.05, 0) is 55.7 Å². The van der Waals surface area contributed by atoms with Gasteiger partial charge in [-0.2, -0.15) is 5.21 Å². The van der Waals surface area contributed by atoms with Gasteiger partial charge in [-0.15, -0.1) is 10.2 Å². The number of amides is 1. The highest BCUT2D eigenvalue weighted by Crippen LogP contribution is 2.53. The summed E-state index contributed by atoms with van der Waals surface area (Å²) in [7, 11) is -4.02. The maximum atomic E-state index is 13.6. The molecule has 0 saturated heterocycles. The highest BCUT2D eigenvalue weighted by atomic mass is 35.5. The van der Waals surface area contributed by atoms with Crippen LogP contribution in [0.2, 0.25) is 5.02 Å². The standard InChI is InChI=1S/C23H21ClF3N5O4S/c24-16-4-1-11(22(33)28-14-8-17(25)21(27)18(26)9-14)5-19(16)37(35,36)15-6-12-2-3-13(7-15)23(12,34)10-20-29-31-32-30-20/h1,4-5,8-9,12-13,15,34H,2-3,6-7,10H2,(H,28,33)(H,29,30,31,32)/t12-,13?,15?,23?/m0/s1. The second-order valence-electron chi connectivity index (χ2n) is 9.46. The molecule has 2 fully saturated rings. The fourth-order valence-corrected chi connectivity index (χ4v) is 7.94. The maximum absolute atomic E-state index is 13.6. The van der Waals surface area contributed by atoms with Crippen LogP contribution >= 0.6 is 11.6 Å². The van der Waals surface area contributed by atoms with E-state index in [0.29, 0.717) is 30.8 Å². The third-order valence-corrected chi connectivity index (χ3v) is 10.0. The molecule has 1 heterocycles. The summed E-state index contributed by atoms with van der Waals surface area (Å²) in [5, 5.41) is 26.4. The predicted octanol–water partition coefficient (Wildman–Crippen LogP) is 3.46. The van der Waals surface area contributed by atoms with Crippen molar-refractivity contribution in [3.8, 4) is 0 Å². The molecule has 3 unspecified atom stereocenters. The number of sulfone groups is 1. The average Bonchev–Trinajstić information content (AvgIpc) is 3.36. The van der Waals surface area contributed by atoms with Crippen LogP contribution in [0.1, 0.15) is 41.9 Å². The number of anilines is 1. The third-order valence-electron chi connectivity index (χ3n) is 7.38. The van der Waals surface area contributed by atoms with Crippen LogP contribution in [0.25, 0.3) is 0 Å². The van der Waals surface area contributed by atoms with Gasteiger partial charge in [0.1, 0.15) is 0 Å². The van der Waals surface area contributed by atoms with E-state index in [1.54, 1.807) is 0 Å². The van der Waals surface area contributed by atoms with Gasteiger partial charge < -0.3 is 10.4 Å². The fourth-order valence-electron chi connectivity index (χ4n) is 5.54. The van der Waals surface area contributed by atoms with Crippen molar-refractivity contribution in [3.63, 3.8) is 0 Å². The van der Waals surface area contributed by atoms with Crippen LogP contribution in [0.5, 0.6) is 0 Å². The number of tetrazole rings is 1. The van der Waals surface area contributed by atoms with E-state index in [1.807, 2.05) is 0 Å². The van der Waals surface area contributed by atoms with Gasteiger partial charge in [0, 0.05) is 29.8 Å². The Hall–Kier alpha value is -3.03. The van der Waals surface area contributed by atoms with Crippen LogP contribution in [0.3, 0.4) is 0 Å². The largest absolute Gasteiger partial charge is 0.389 e. The molecule has 5 rings (SSSR count). The molecule has 3 aromatic rings. The lowest BCUT2D eigenvalue weighted by atomic mass is 9.72. The van der Waals surface area contributed by atoms with E-state index in [2.05, 4.69) is 25.9 Å². The van der Waals surface area contributed by atoms with Crippen molar-refractivity contribution in [2.75, 3.05) is 5.32 Å². The lowest BCUT2D eigenvalue weighted by molar-refractivity contribution is -0.0590. The van der Waals surface area contributed by atoms with Crippen molar-refractivity contribution in [3.05, 3.63) is 64.2 Å². The molecule has 1 aromatic heterocycles. The SMILES string of the molecule is O=C(Nc1cc(F)c(F)c(F)c1)c1ccc(Cl)c(S(=O)(=O)C2CC3CC[C@@H](C2)C3(O)Cc2nn[nH]n2)c1. The minimum atomic E-state index is -4.02. The number of nitrogens with zero attached hydrogens (tertiary/aromatic N) is 3. The predicted molar refractivity (Wildman–Crippen MR) is 125 cm³/mol. The molecular formula is C23H21ClF3N5O4S. The van der Waals surface area contributed by atoms with E-state index in [-0.39, 0.29) is 52.3 Å². The number of nitrogens with one attached hydrogen (secondary N) is 2. The summed E-state index contributed by atoms with van der Waals surface area (Å²) in [6.07, 6.45) is 1.83. The zero-order valence-electron chi connectivity index (χ0n) is 19.1. The molecule has 3 N–H and O–H groups in total. The zero-order chi connectivity index (χ0) is 26.5. The smallest absolute Gasteiger partial charge is 0.255 e. The van der Waals surface area contributed by atoms with Gasteiger partial charge in [-0.3, -0.25) is 4.79 Å². The average molecular weight is 556 g/mol. The minimum Gasteiger partial charge on any atom is -0.389 e. The van der Waals surface area contributed by atoms with E-state index in [4.69, 9.17) is 11.6 Å². The van der Waals surface area contributed by atoms with Crippen LogP contribution in [0, 0.1) is 29.3 Å². The maximum Gasteiger partial charge on any atom is 0.255 e. The van der Waals surface area contributed by atoms with Crippen molar-refractivity contribution < 1.29 is 31.5 Å². The summed E-state index contributed by atoms with van der Waals surface area (Å²) in [5.74, 6) is -5.78. The second kappa shape index (κ2) is 9.37. The Morgan fingerprint density at radius 3 is 2.38 bits per heavy atom. The quantitative estimate of drug-likeness (QED) is 0.396. The first-order valence-electron chi connectivity index (χ1n) is 11.4. The number of H-pyrrole nitrogens is 1. The summed E-state index contributed by atoms with van der Waals surface area (Å²) < 4.78 is 67.5. The second-order valence-corrected chi connectivity index (χ2v) is 12.1. The molecule has 2 saturated carbocycles. The number of aliphatic hydroxyl groups is 1.